The highest BCUT2D eigenvalue weighted by atomic mass is 16.6. The monoisotopic (exact) mass is 374 g/mol. The third kappa shape index (κ3) is 9.95. The number of benzene rings is 1. The zero-order valence-electron chi connectivity index (χ0n) is 17.2. The Kier molecular flexibility index (Phi) is 11.2. The average Bonchev–Trinajstić information content (AvgIpc) is 3.47. The molecule has 0 aromatic heterocycles. The second-order valence-corrected chi connectivity index (χ2v) is 7.80. The zero-order chi connectivity index (χ0) is 19.2. The molecule has 2 rings (SSSR count). The van der Waals surface area contributed by atoms with Crippen molar-refractivity contribution in [3.63, 3.8) is 0 Å². The zero-order valence-corrected chi connectivity index (χ0v) is 17.2. The number of epoxide rings is 1. The lowest BCUT2D eigenvalue weighted by Gasteiger charge is -2.05. The first-order valence-corrected chi connectivity index (χ1v) is 11.2. The highest BCUT2D eigenvalue weighted by Crippen LogP contribution is 2.29. The van der Waals surface area contributed by atoms with Crippen LogP contribution in [0.4, 0.5) is 0 Å². The van der Waals surface area contributed by atoms with E-state index in [1.807, 2.05) is 18.2 Å². The van der Waals surface area contributed by atoms with Crippen molar-refractivity contribution in [2.45, 2.75) is 103 Å². The van der Waals surface area contributed by atoms with E-state index in [2.05, 4.69) is 6.92 Å². The molecular weight excluding hydrogens is 336 g/mol. The van der Waals surface area contributed by atoms with E-state index < -0.39 is 0 Å². The van der Waals surface area contributed by atoms with Crippen LogP contribution in [-0.4, -0.2) is 24.8 Å². The number of carbonyl (C=O) groups is 1. The van der Waals surface area contributed by atoms with Gasteiger partial charge in [0.05, 0.1) is 24.4 Å². The van der Waals surface area contributed by atoms with Gasteiger partial charge in [0, 0.05) is 0 Å². The number of esters is 1. The summed E-state index contributed by atoms with van der Waals surface area (Å²) in [5, 5.41) is 0. The number of unbranched alkanes of at least 4 members (excludes halogenated alkanes) is 10. The molecule has 1 aromatic carbocycles. The van der Waals surface area contributed by atoms with Crippen LogP contribution < -0.4 is 0 Å². The summed E-state index contributed by atoms with van der Waals surface area (Å²) in [6, 6.07) is 9.22. The molecule has 0 saturated carbocycles. The van der Waals surface area contributed by atoms with Crippen molar-refractivity contribution in [2.24, 2.45) is 0 Å². The summed E-state index contributed by atoms with van der Waals surface area (Å²) >= 11 is 0. The molecule has 1 fully saturated rings. The van der Waals surface area contributed by atoms with Gasteiger partial charge in [0.25, 0.3) is 0 Å². The van der Waals surface area contributed by atoms with E-state index in [1.165, 1.54) is 70.6 Å². The normalized spacial score (nSPS) is 18.4. The molecule has 1 heterocycles. The summed E-state index contributed by atoms with van der Waals surface area (Å²) in [7, 11) is 0. The Morgan fingerprint density at radius 3 is 1.93 bits per heavy atom. The molecule has 2 atom stereocenters. The number of hydrogen-bond acceptors (Lipinski definition) is 3. The van der Waals surface area contributed by atoms with Crippen molar-refractivity contribution < 1.29 is 14.3 Å². The van der Waals surface area contributed by atoms with Gasteiger partial charge in [-0.1, -0.05) is 89.3 Å². The minimum Gasteiger partial charge on any atom is -0.462 e. The van der Waals surface area contributed by atoms with Crippen LogP contribution in [0.25, 0.3) is 0 Å². The summed E-state index contributed by atoms with van der Waals surface area (Å²) in [6.45, 7) is 2.75. The smallest absolute Gasteiger partial charge is 0.338 e. The van der Waals surface area contributed by atoms with Gasteiger partial charge < -0.3 is 9.47 Å². The van der Waals surface area contributed by atoms with Crippen molar-refractivity contribution in [3.05, 3.63) is 35.9 Å². The van der Waals surface area contributed by atoms with E-state index in [9.17, 15) is 4.79 Å². The maximum absolute atomic E-state index is 11.8. The average molecular weight is 375 g/mol. The highest BCUT2D eigenvalue weighted by Gasteiger charge is 2.35. The Balaban J connectivity index is 1.27. The van der Waals surface area contributed by atoms with E-state index in [0.29, 0.717) is 24.4 Å². The number of carbonyl (C=O) groups excluding carboxylic acids is 1. The van der Waals surface area contributed by atoms with Crippen molar-refractivity contribution in [1.82, 2.24) is 0 Å². The van der Waals surface area contributed by atoms with Gasteiger partial charge in [-0.05, 0) is 31.4 Å². The second-order valence-electron chi connectivity index (χ2n) is 7.80. The summed E-state index contributed by atoms with van der Waals surface area (Å²) < 4.78 is 10.9. The van der Waals surface area contributed by atoms with Crippen LogP contribution in [0.1, 0.15) is 101 Å². The van der Waals surface area contributed by atoms with Gasteiger partial charge in [0.2, 0.25) is 0 Å². The molecule has 2 unspecified atom stereocenters. The molecule has 0 radical (unpaired) electrons. The molecule has 0 N–H and O–H groups in total. The molecule has 0 spiro atoms. The lowest BCUT2D eigenvalue weighted by Crippen LogP contribution is -2.06. The third-order valence-electron chi connectivity index (χ3n) is 5.47. The molecule has 1 aromatic rings. The van der Waals surface area contributed by atoms with Crippen LogP contribution in [-0.2, 0) is 9.47 Å². The molecular formula is C24H38O3. The largest absolute Gasteiger partial charge is 0.462 e. The Morgan fingerprint density at radius 2 is 1.37 bits per heavy atom. The first kappa shape index (κ1) is 21.9. The summed E-state index contributed by atoms with van der Waals surface area (Å²) in [5.41, 5.74) is 0.642. The topological polar surface area (TPSA) is 38.8 Å². The molecule has 0 amide bonds. The van der Waals surface area contributed by atoms with Gasteiger partial charge in [0.1, 0.15) is 0 Å². The molecule has 1 saturated heterocycles. The van der Waals surface area contributed by atoms with Crippen molar-refractivity contribution in [3.8, 4) is 0 Å². The molecule has 3 heteroatoms. The van der Waals surface area contributed by atoms with Crippen LogP contribution in [0, 0.1) is 0 Å². The molecule has 3 nitrogen and oxygen atoms in total. The molecule has 1 aliphatic rings. The maximum atomic E-state index is 11.8. The lowest BCUT2D eigenvalue weighted by molar-refractivity contribution is 0.0497. The van der Waals surface area contributed by atoms with Gasteiger partial charge in [-0.15, -0.1) is 0 Å². The van der Waals surface area contributed by atoms with Crippen LogP contribution in [0.5, 0.6) is 0 Å². The van der Waals surface area contributed by atoms with Gasteiger partial charge in [0.15, 0.2) is 0 Å². The van der Waals surface area contributed by atoms with Crippen LogP contribution in [0.2, 0.25) is 0 Å². The SMILES string of the molecule is CCC1OC1CCCCCCCCCCCCCOC(=O)c1ccccc1. The van der Waals surface area contributed by atoms with Crippen molar-refractivity contribution in [2.75, 3.05) is 6.61 Å². The Morgan fingerprint density at radius 1 is 0.815 bits per heavy atom. The predicted molar refractivity (Wildman–Crippen MR) is 111 cm³/mol. The predicted octanol–water partition coefficient (Wildman–Crippen LogP) is 6.70. The fourth-order valence-corrected chi connectivity index (χ4v) is 3.65. The summed E-state index contributed by atoms with van der Waals surface area (Å²) in [4.78, 5) is 11.8. The van der Waals surface area contributed by atoms with Crippen LogP contribution >= 0.6 is 0 Å². The van der Waals surface area contributed by atoms with Gasteiger partial charge in [-0.2, -0.15) is 0 Å². The van der Waals surface area contributed by atoms with E-state index in [4.69, 9.17) is 9.47 Å². The molecule has 152 valence electrons. The van der Waals surface area contributed by atoms with Crippen molar-refractivity contribution >= 4 is 5.97 Å². The fraction of sp³-hybridized carbons (Fsp3) is 0.708. The third-order valence-corrected chi connectivity index (χ3v) is 5.47. The quantitative estimate of drug-likeness (QED) is 0.183. The number of ether oxygens (including phenoxy) is 2. The molecule has 0 bridgehead atoms. The summed E-state index contributed by atoms with van der Waals surface area (Å²) in [5.74, 6) is -0.203. The minimum atomic E-state index is -0.203. The number of rotatable bonds is 16. The standard InChI is InChI=1S/C24H38O3/c1-2-22-23(27-22)19-15-10-8-6-4-3-5-7-9-11-16-20-26-24(25)21-17-13-12-14-18-21/h12-14,17-18,22-23H,2-11,15-16,19-20H2,1H3. The first-order valence-electron chi connectivity index (χ1n) is 11.2. The molecule has 1 aliphatic heterocycles. The highest BCUT2D eigenvalue weighted by molar-refractivity contribution is 5.89. The van der Waals surface area contributed by atoms with Crippen LogP contribution in [0.15, 0.2) is 30.3 Å². The van der Waals surface area contributed by atoms with Gasteiger partial charge >= 0.3 is 5.97 Å². The maximum Gasteiger partial charge on any atom is 0.338 e. The van der Waals surface area contributed by atoms with E-state index >= 15 is 0 Å². The van der Waals surface area contributed by atoms with E-state index in [0.717, 1.165) is 12.8 Å². The van der Waals surface area contributed by atoms with Gasteiger partial charge in [-0.25, -0.2) is 4.79 Å². The van der Waals surface area contributed by atoms with Crippen molar-refractivity contribution in [1.29, 1.82) is 0 Å². The number of hydrogen-bond donors (Lipinski definition) is 0. The Labute approximate surface area is 165 Å². The summed E-state index contributed by atoms with van der Waals surface area (Å²) in [6.07, 6.45) is 17.9. The Hall–Kier alpha value is -1.35. The lowest BCUT2D eigenvalue weighted by atomic mass is 10.0. The minimum absolute atomic E-state index is 0.203. The van der Waals surface area contributed by atoms with E-state index in [1.54, 1.807) is 12.1 Å². The van der Waals surface area contributed by atoms with Crippen LogP contribution in [0.3, 0.4) is 0 Å². The van der Waals surface area contributed by atoms with Gasteiger partial charge in [-0.3, -0.25) is 0 Å². The Bertz CT molecular complexity index is 500. The van der Waals surface area contributed by atoms with E-state index in [-0.39, 0.29) is 5.97 Å². The molecule has 0 aliphatic carbocycles. The first-order chi connectivity index (χ1) is 13.3. The second kappa shape index (κ2) is 13.8. The fourth-order valence-electron chi connectivity index (χ4n) is 3.65. The molecule has 27 heavy (non-hydrogen) atoms.